The molecule has 1 saturated heterocycles. The number of imidazole rings is 1. The lowest BCUT2D eigenvalue weighted by Gasteiger charge is -2.30. The van der Waals surface area contributed by atoms with Crippen molar-refractivity contribution in [2.24, 2.45) is 5.92 Å². The summed E-state index contributed by atoms with van der Waals surface area (Å²) in [5.74, 6) is 0.981. The molecular weight excluding hydrogens is 316 g/mol. The number of aromatic amines is 1. The minimum Gasteiger partial charge on any atom is -0.424 e. The van der Waals surface area contributed by atoms with Crippen molar-refractivity contribution in [2.45, 2.75) is 12.8 Å². The number of para-hydroxylation sites is 4. The molecule has 1 aliphatic heterocycles. The average molecular weight is 336 g/mol. The van der Waals surface area contributed by atoms with E-state index >= 15 is 0 Å². The van der Waals surface area contributed by atoms with Gasteiger partial charge < -0.3 is 20.4 Å². The minimum absolute atomic E-state index is 0.111. The van der Waals surface area contributed by atoms with Crippen molar-refractivity contribution in [2.75, 3.05) is 23.7 Å². The lowest BCUT2D eigenvalue weighted by atomic mass is 9.97. The molecule has 128 valence electrons. The lowest BCUT2D eigenvalue weighted by molar-refractivity contribution is -0.139. The zero-order chi connectivity index (χ0) is 17.2. The molecule has 0 bridgehead atoms. The predicted molar refractivity (Wildman–Crippen MR) is 97.5 cm³/mol. The quantitative estimate of drug-likeness (QED) is 0.436. The van der Waals surface area contributed by atoms with E-state index < -0.39 is 0 Å². The highest BCUT2D eigenvalue weighted by Crippen LogP contribution is 2.26. The number of nitrogens with two attached hydrogens (primary N) is 1. The summed E-state index contributed by atoms with van der Waals surface area (Å²) in [7, 11) is 0. The Kier molecular flexibility index (Phi) is 4.01. The van der Waals surface area contributed by atoms with E-state index in [2.05, 4.69) is 14.9 Å². The number of piperidine rings is 1. The first-order valence-electron chi connectivity index (χ1n) is 8.46. The Bertz CT molecular complexity index is 864. The number of nitrogens with one attached hydrogen (secondary N) is 1. The first-order chi connectivity index (χ1) is 12.2. The standard InChI is InChI=1S/C19H20N4O2/c20-14-5-1-4-8-17(14)25-18(24)13-9-11-23(12-10-13)19-21-15-6-2-3-7-16(15)22-19/h1-8,13H,9-12,20H2,(H,21,22). The number of fused-ring (bicyclic) bond motifs is 1. The number of ether oxygens (including phenoxy) is 1. The van der Waals surface area contributed by atoms with E-state index in [0.29, 0.717) is 11.4 Å². The van der Waals surface area contributed by atoms with Crippen molar-refractivity contribution in [3.8, 4) is 5.75 Å². The summed E-state index contributed by atoms with van der Waals surface area (Å²) in [5, 5.41) is 0. The smallest absolute Gasteiger partial charge is 0.314 e. The number of carbonyl (C=O) groups excluding carboxylic acids is 1. The maximum atomic E-state index is 12.4. The first kappa shape index (κ1) is 15.5. The Balaban J connectivity index is 1.39. The number of carbonyl (C=O) groups is 1. The van der Waals surface area contributed by atoms with Crippen molar-refractivity contribution >= 4 is 28.6 Å². The number of nitrogens with zero attached hydrogens (tertiary/aromatic N) is 2. The number of hydrogen-bond acceptors (Lipinski definition) is 5. The monoisotopic (exact) mass is 336 g/mol. The van der Waals surface area contributed by atoms with Gasteiger partial charge in [-0.1, -0.05) is 24.3 Å². The van der Waals surface area contributed by atoms with Gasteiger partial charge in [-0.15, -0.1) is 0 Å². The van der Waals surface area contributed by atoms with Crippen molar-refractivity contribution in [3.05, 3.63) is 48.5 Å². The molecular formula is C19H20N4O2. The fraction of sp³-hybridized carbons (Fsp3) is 0.263. The van der Waals surface area contributed by atoms with Gasteiger partial charge in [0.05, 0.1) is 22.6 Å². The summed E-state index contributed by atoms with van der Waals surface area (Å²) in [6.45, 7) is 1.54. The summed E-state index contributed by atoms with van der Waals surface area (Å²) in [6, 6.07) is 15.0. The van der Waals surface area contributed by atoms with Crippen LogP contribution in [0.2, 0.25) is 0 Å². The fourth-order valence-electron chi connectivity index (χ4n) is 3.18. The third kappa shape index (κ3) is 3.15. The van der Waals surface area contributed by atoms with Gasteiger partial charge in [0.1, 0.15) is 0 Å². The van der Waals surface area contributed by atoms with Crippen molar-refractivity contribution in [1.82, 2.24) is 9.97 Å². The zero-order valence-corrected chi connectivity index (χ0v) is 13.8. The van der Waals surface area contributed by atoms with Crippen LogP contribution < -0.4 is 15.4 Å². The summed E-state index contributed by atoms with van der Waals surface area (Å²) in [6.07, 6.45) is 1.48. The number of benzene rings is 2. The molecule has 0 aliphatic carbocycles. The molecule has 2 aromatic carbocycles. The van der Waals surface area contributed by atoms with Crippen LogP contribution in [0, 0.1) is 5.92 Å². The molecule has 1 fully saturated rings. The van der Waals surface area contributed by atoms with Crippen LogP contribution in [0.25, 0.3) is 11.0 Å². The number of anilines is 2. The van der Waals surface area contributed by atoms with Gasteiger partial charge in [0.2, 0.25) is 5.95 Å². The van der Waals surface area contributed by atoms with Gasteiger partial charge in [0, 0.05) is 13.1 Å². The van der Waals surface area contributed by atoms with E-state index in [4.69, 9.17) is 10.5 Å². The highest BCUT2D eigenvalue weighted by molar-refractivity contribution is 5.78. The fourth-order valence-corrected chi connectivity index (χ4v) is 3.18. The van der Waals surface area contributed by atoms with Crippen molar-refractivity contribution < 1.29 is 9.53 Å². The van der Waals surface area contributed by atoms with Crippen LogP contribution in [0.1, 0.15) is 12.8 Å². The summed E-state index contributed by atoms with van der Waals surface area (Å²) in [5.41, 5.74) is 8.30. The zero-order valence-electron chi connectivity index (χ0n) is 13.8. The second kappa shape index (κ2) is 6.47. The van der Waals surface area contributed by atoms with Crippen LogP contribution in [0.4, 0.5) is 11.6 Å². The number of hydrogen-bond donors (Lipinski definition) is 2. The molecule has 6 nitrogen and oxygen atoms in total. The highest BCUT2D eigenvalue weighted by Gasteiger charge is 2.28. The highest BCUT2D eigenvalue weighted by atomic mass is 16.5. The molecule has 25 heavy (non-hydrogen) atoms. The first-order valence-corrected chi connectivity index (χ1v) is 8.46. The number of H-pyrrole nitrogens is 1. The maximum Gasteiger partial charge on any atom is 0.314 e. The van der Waals surface area contributed by atoms with E-state index in [9.17, 15) is 4.79 Å². The molecule has 0 spiro atoms. The van der Waals surface area contributed by atoms with Crippen LogP contribution in [-0.2, 0) is 4.79 Å². The molecule has 1 aliphatic rings. The molecule has 2 heterocycles. The van der Waals surface area contributed by atoms with Gasteiger partial charge in [-0.25, -0.2) is 4.98 Å². The largest absolute Gasteiger partial charge is 0.424 e. The van der Waals surface area contributed by atoms with E-state index in [1.165, 1.54) is 0 Å². The number of rotatable bonds is 3. The molecule has 0 atom stereocenters. The summed E-state index contributed by atoms with van der Waals surface area (Å²) in [4.78, 5) is 22.5. The molecule has 0 amide bonds. The average Bonchev–Trinajstić information content (AvgIpc) is 3.08. The second-order valence-corrected chi connectivity index (χ2v) is 6.30. The summed E-state index contributed by atoms with van der Waals surface area (Å²) >= 11 is 0. The third-order valence-electron chi connectivity index (χ3n) is 4.63. The SMILES string of the molecule is Nc1ccccc1OC(=O)C1CCN(c2nc3ccccc3[nH]2)CC1. The van der Waals surface area contributed by atoms with E-state index in [0.717, 1.165) is 42.9 Å². The second-order valence-electron chi connectivity index (χ2n) is 6.30. The van der Waals surface area contributed by atoms with E-state index in [1.807, 2.05) is 36.4 Å². The molecule has 0 radical (unpaired) electrons. The number of aromatic nitrogens is 2. The molecule has 3 aromatic rings. The van der Waals surface area contributed by atoms with Crippen LogP contribution in [0.5, 0.6) is 5.75 Å². The van der Waals surface area contributed by atoms with Gasteiger partial charge in [-0.3, -0.25) is 4.79 Å². The summed E-state index contributed by atoms with van der Waals surface area (Å²) < 4.78 is 5.47. The van der Waals surface area contributed by atoms with Gasteiger partial charge in [0.15, 0.2) is 5.75 Å². The molecule has 0 saturated carbocycles. The minimum atomic E-state index is -0.206. The topological polar surface area (TPSA) is 84.2 Å². The van der Waals surface area contributed by atoms with Crippen LogP contribution in [-0.4, -0.2) is 29.0 Å². The van der Waals surface area contributed by atoms with Crippen molar-refractivity contribution in [1.29, 1.82) is 0 Å². The van der Waals surface area contributed by atoms with Gasteiger partial charge in [-0.05, 0) is 37.1 Å². The molecule has 3 N–H and O–H groups in total. The van der Waals surface area contributed by atoms with Crippen LogP contribution in [0.3, 0.4) is 0 Å². The Morgan fingerprint density at radius 1 is 1.12 bits per heavy atom. The van der Waals surface area contributed by atoms with Crippen LogP contribution in [0.15, 0.2) is 48.5 Å². The Labute approximate surface area is 145 Å². The molecule has 4 rings (SSSR count). The predicted octanol–water partition coefficient (Wildman–Crippen LogP) is 2.97. The van der Waals surface area contributed by atoms with Crippen molar-refractivity contribution in [3.63, 3.8) is 0 Å². The van der Waals surface area contributed by atoms with E-state index in [1.54, 1.807) is 12.1 Å². The normalized spacial score (nSPS) is 15.4. The Morgan fingerprint density at radius 2 is 1.84 bits per heavy atom. The van der Waals surface area contributed by atoms with Crippen LogP contribution >= 0.6 is 0 Å². The molecule has 0 unspecified atom stereocenters. The maximum absolute atomic E-state index is 12.4. The lowest BCUT2D eigenvalue weighted by Crippen LogP contribution is -2.38. The van der Waals surface area contributed by atoms with Gasteiger partial charge in [0.25, 0.3) is 0 Å². The third-order valence-corrected chi connectivity index (χ3v) is 4.63. The Hall–Kier alpha value is -3.02. The van der Waals surface area contributed by atoms with E-state index in [-0.39, 0.29) is 11.9 Å². The van der Waals surface area contributed by atoms with Gasteiger partial charge >= 0.3 is 5.97 Å². The number of esters is 1. The molecule has 6 heteroatoms. The Morgan fingerprint density at radius 3 is 2.60 bits per heavy atom. The number of nitrogen functional groups attached to an aromatic ring is 1. The molecule has 1 aromatic heterocycles. The van der Waals surface area contributed by atoms with Gasteiger partial charge in [-0.2, -0.15) is 0 Å².